The van der Waals surface area contributed by atoms with Crippen LogP contribution in [-0.4, -0.2) is 26.6 Å². The van der Waals surface area contributed by atoms with E-state index in [0.717, 1.165) is 6.07 Å². The third-order valence-corrected chi connectivity index (χ3v) is 4.82. The Morgan fingerprint density at radius 3 is 2.42 bits per heavy atom. The number of pyridine rings is 1. The Balaban J connectivity index is 1.96. The Labute approximate surface area is 199 Å². The average molecular weight is 515 g/mol. The maximum Gasteiger partial charge on any atom is 0.408 e. The minimum Gasteiger partial charge on any atom is -0.444 e. The SMILES string of the molecule is CC(C)(C)OC(=O)N[C@@H](Cc1cc(F)cc(F)c1)c1nc(C#Cc2cncnc2)ccc1Br. The van der Waals surface area contributed by atoms with E-state index in [9.17, 15) is 13.6 Å². The van der Waals surface area contributed by atoms with Crippen LogP contribution >= 0.6 is 15.9 Å². The first kappa shape index (κ1) is 24.3. The molecule has 9 heteroatoms. The van der Waals surface area contributed by atoms with E-state index in [4.69, 9.17) is 4.74 Å². The summed E-state index contributed by atoms with van der Waals surface area (Å²) in [5.74, 6) is 4.43. The number of amides is 1. The van der Waals surface area contributed by atoms with E-state index in [0.29, 0.717) is 27.0 Å². The van der Waals surface area contributed by atoms with E-state index in [1.807, 2.05) is 0 Å². The number of rotatable bonds is 4. The van der Waals surface area contributed by atoms with Crippen molar-refractivity contribution in [1.82, 2.24) is 20.3 Å². The van der Waals surface area contributed by atoms with Gasteiger partial charge in [0.2, 0.25) is 0 Å². The fourth-order valence-electron chi connectivity index (χ4n) is 2.90. The van der Waals surface area contributed by atoms with Gasteiger partial charge in [0.05, 0.1) is 17.3 Å². The van der Waals surface area contributed by atoms with Crippen molar-refractivity contribution in [2.75, 3.05) is 0 Å². The van der Waals surface area contributed by atoms with Crippen molar-refractivity contribution < 1.29 is 18.3 Å². The van der Waals surface area contributed by atoms with Gasteiger partial charge in [-0.1, -0.05) is 5.92 Å². The van der Waals surface area contributed by atoms with Gasteiger partial charge < -0.3 is 10.1 Å². The van der Waals surface area contributed by atoms with E-state index in [1.54, 1.807) is 45.3 Å². The summed E-state index contributed by atoms with van der Waals surface area (Å²) in [6.45, 7) is 5.21. The summed E-state index contributed by atoms with van der Waals surface area (Å²) < 4.78 is 33.5. The van der Waals surface area contributed by atoms with Gasteiger partial charge in [0, 0.05) is 22.9 Å². The normalized spacial score (nSPS) is 11.8. The Hall–Kier alpha value is -3.38. The lowest BCUT2D eigenvalue weighted by Gasteiger charge is -2.24. The summed E-state index contributed by atoms with van der Waals surface area (Å²) in [5.41, 5.74) is 1.10. The Morgan fingerprint density at radius 1 is 1.12 bits per heavy atom. The number of aromatic nitrogens is 3. The fraction of sp³-hybridized carbons (Fsp3) is 0.250. The molecular weight excluding hydrogens is 494 g/mol. The van der Waals surface area contributed by atoms with Crippen molar-refractivity contribution in [2.45, 2.75) is 38.8 Å². The first-order valence-corrected chi connectivity index (χ1v) is 10.8. The maximum absolute atomic E-state index is 13.8. The molecule has 0 saturated carbocycles. The van der Waals surface area contributed by atoms with E-state index in [2.05, 4.69) is 48.0 Å². The van der Waals surface area contributed by atoms with Crippen LogP contribution in [0.25, 0.3) is 0 Å². The molecule has 1 amide bonds. The van der Waals surface area contributed by atoms with Gasteiger partial charge >= 0.3 is 6.09 Å². The van der Waals surface area contributed by atoms with Gasteiger partial charge in [-0.15, -0.1) is 0 Å². The summed E-state index contributed by atoms with van der Waals surface area (Å²) in [4.78, 5) is 24.9. The monoisotopic (exact) mass is 514 g/mol. The molecule has 0 bridgehead atoms. The highest BCUT2D eigenvalue weighted by atomic mass is 79.9. The van der Waals surface area contributed by atoms with Crippen molar-refractivity contribution in [3.8, 4) is 11.8 Å². The largest absolute Gasteiger partial charge is 0.444 e. The third kappa shape index (κ3) is 7.61. The molecule has 0 aliphatic rings. The summed E-state index contributed by atoms with van der Waals surface area (Å²) in [5, 5.41) is 2.75. The molecule has 2 heterocycles. The van der Waals surface area contributed by atoms with Gasteiger partial charge in [-0.2, -0.15) is 0 Å². The van der Waals surface area contributed by atoms with Crippen LogP contribution in [0, 0.1) is 23.5 Å². The van der Waals surface area contributed by atoms with Crippen LogP contribution in [0.4, 0.5) is 13.6 Å². The van der Waals surface area contributed by atoms with Crippen molar-refractivity contribution in [3.63, 3.8) is 0 Å². The molecule has 0 aliphatic heterocycles. The summed E-state index contributed by atoms with van der Waals surface area (Å²) in [6, 6.07) is 5.90. The van der Waals surface area contributed by atoms with Crippen molar-refractivity contribution >= 4 is 22.0 Å². The Kier molecular flexibility index (Phi) is 7.71. The Morgan fingerprint density at radius 2 is 1.79 bits per heavy atom. The first-order chi connectivity index (χ1) is 15.6. The van der Waals surface area contributed by atoms with Crippen molar-refractivity contribution in [2.24, 2.45) is 0 Å². The molecular formula is C24H21BrF2N4O2. The topological polar surface area (TPSA) is 77.0 Å². The second kappa shape index (κ2) is 10.5. The lowest BCUT2D eigenvalue weighted by molar-refractivity contribution is 0.0502. The number of benzene rings is 1. The van der Waals surface area contributed by atoms with Gasteiger partial charge in [-0.3, -0.25) is 0 Å². The van der Waals surface area contributed by atoms with Crippen molar-refractivity contribution in [3.05, 3.63) is 87.7 Å². The summed E-state index contributed by atoms with van der Waals surface area (Å²) in [7, 11) is 0. The number of hydrogen-bond acceptors (Lipinski definition) is 5. The molecule has 0 unspecified atom stereocenters. The third-order valence-electron chi connectivity index (χ3n) is 4.15. The molecule has 1 N–H and O–H groups in total. The number of carbonyl (C=O) groups excluding carboxylic acids is 1. The number of hydrogen-bond donors (Lipinski definition) is 1. The molecule has 33 heavy (non-hydrogen) atoms. The first-order valence-electron chi connectivity index (χ1n) is 9.97. The van der Waals surface area contributed by atoms with Crippen LogP contribution in [0.3, 0.4) is 0 Å². The predicted molar refractivity (Wildman–Crippen MR) is 122 cm³/mol. The number of nitrogens with one attached hydrogen (secondary N) is 1. The molecule has 0 saturated heterocycles. The molecule has 6 nitrogen and oxygen atoms in total. The summed E-state index contributed by atoms with van der Waals surface area (Å²) >= 11 is 3.45. The zero-order valence-corrected chi connectivity index (χ0v) is 19.8. The lowest BCUT2D eigenvalue weighted by atomic mass is 10.0. The molecule has 1 aromatic carbocycles. The Bertz CT molecular complexity index is 1180. The minimum absolute atomic E-state index is 0.0724. The highest BCUT2D eigenvalue weighted by Crippen LogP contribution is 2.26. The number of alkyl carbamates (subject to hydrolysis) is 1. The number of halogens is 3. The van der Waals surface area contributed by atoms with Gasteiger partial charge in [0.25, 0.3) is 0 Å². The molecule has 0 spiro atoms. The lowest BCUT2D eigenvalue weighted by Crippen LogP contribution is -2.36. The predicted octanol–water partition coefficient (Wildman–Crippen LogP) is 5.12. The number of nitrogens with zero attached hydrogens (tertiary/aromatic N) is 3. The van der Waals surface area contributed by atoms with E-state index < -0.39 is 29.4 Å². The standard InChI is InChI=1S/C24H21BrF2N4O2/c1-24(2,3)33-23(32)31-21(10-16-8-17(26)11-18(27)9-16)22-20(25)7-6-19(30-22)5-4-15-12-28-14-29-13-15/h6-9,11-14,21H,10H2,1-3H3,(H,31,32)/t21-/m0/s1. The second-order valence-corrected chi connectivity index (χ2v) is 8.98. The summed E-state index contributed by atoms with van der Waals surface area (Å²) in [6.07, 6.45) is 3.94. The number of carbonyl (C=O) groups is 1. The molecule has 2 aromatic heterocycles. The van der Waals surface area contributed by atoms with Crippen LogP contribution in [0.1, 0.15) is 49.3 Å². The zero-order valence-electron chi connectivity index (χ0n) is 18.2. The van der Waals surface area contributed by atoms with Crippen molar-refractivity contribution in [1.29, 1.82) is 0 Å². The molecule has 170 valence electrons. The van der Waals surface area contributed by atoms with Gasteiger partial charge in [-0.25, -0.2) is 28.5 Å². The van der Waals surface area contributed by atoms with Crippen LogP contribution in [0.15, 0.2) is 53.5 Å². The smallest absolute Gasteiger partial charge is 0.408 e. The van der Waals surface area contributed by atoms with Gasteiger partial charge in [0.15, 0.2) is 0 Å². The molecule has 3 aromatic rings. The second-order valence-electron chi connectivity index (χ2n) is 8.12. The quantitative estimate of drug-likeness (QED) is 0.489. The highest BCUT2D eigenvalue weighted by Gasteiger charge is 2.24. The molecule has 1 atom stereocenters. The molecule has 0 fully saturated rings. The van der Waals surface area contributed by atoms with Crippen LogP contribution in [0.2, 0.25) is 0 Å². The number of ether oxygens (including phenoxy) is 1. The molecule has 0 radical (unpaired) electrons. The zero-order chi connectivity index (χ0) is 24.0. The highest BCUT2D eigenvalue weighted by molar-refractivity contribution is 9.10. The average Bonchev–Trinajstić information content (AvgIpc) is 2.71. The van der Waals surface area contributed by atoms with Gasteiger partial charge in [0.1, 0.15) is 29.3 Å². The van der Waals surface area contributed by atoms with E-state index in [1.165, 1.54) is 18.5 Å². The van der Waals surface area contributed by atoms with Crippen LogP contribution < -0.4 is 5.32 Å². The van der Waals surface area contributed by atoms with E-state index in [-0.39, 0.29) is 6.42 Å². The van der Waals surface area contributed by atoms with Gasteiger partial charge in [-0.05, 0) is 78.9 Å². The molecule has 3 rings (SSSR count). The fourth-order valence-corrected chi connectivity index (χ4v) is 3.40. The molecule has 0 aliphatic carbocycles. The van der Waals surface area contributed by atoms with E-state index >= 15 is 0 Å². The van der Waals surface area contributed by atoms with Crippen LogP contribution in [-0.2, 0) is 11.2 Å². The minimum atomic E-state index is -0.753. The van der Waals surface area contributed by atoms with Crippen LogP contribution in [0.5, 0.6) is 0 Å². The maximum atomic E-state index is 13.8.